The monoisotopic (exact) mass is 540 g/mol. The summed E-state index contributed by atoms with van der Waals surface area (Å²) in [6, 6.07) is 21.0. The number of hydrogen-bond acceptors (Lipinski definition) is 5. The molecule has 182 valence electrons. The zero-order valence-corrected chi connectivity index (χ0v) is 21.0. The van der Waals surface area contributed by atoms with Gasteiger partial charge in [0.25, 0.3) is 15.9 Å². The van der Waals surface area contributed by atoms with Gasteiger partial charge in [-0.15, -0.1) is 0 Å². The summed E-state index contributed by atoms with van der Waals surface area (Å²) in [5.74, 6) is -0.187. The molecule has 0 bridgehead atoms. The molecule has 0 saturated heterocycles. The minimum Gasteiger partial charge on any atom is -0.495 e. The Morgan fingerprint density at radius 2 is 1.56 bits per heavy atom. The van der Waals surface area contributed by atoms with E-state index < -0.39 is 15.9 Å². The van der Waals surface area contributed by atoms with Crippen LogP contribution in [0.3, 0.4) is 0 Å². The lowest BCUT2D eigenvalue weighted by Gasteiger charge is -2.15. The van der Waals surface area contributed by atoms with Gasteiger partial charge in [-0.25, -0.2) is 8.42 Å². The predicted molar refractivity (Wildman–Crippen MR) is 142 cm³/mol. The highest BCUT2D eigenvalue weighted by Gasteiger charge is 2.21. The van der Waals surface area contributed by atoms with Crippen LogP contribution in [0.4, 0.5) is 11.4 Å². The van der Waals surface area contributed by atoms with Gasteiger partial charge in [0, 0.05) is 26.9 Å². The van der Waals surface area contributed by atoms with E-state index >= 15 is 0 Å². The molecular formula is C26H18Cl2N2O5S. The third kappa shape index (κ3) is 4.58. The van der Waals surface area contributed by atoms with E-state index in [0.29, 0.717) is 27.6 Å². The van der Waals surface area contributed by atoms with Crippen molar-refractivity contribution in [2.75, 3.05) is 17.1 Å². The van der Waals surface area contributed by atoms with Gasteiger partial charge >= 0.3 is 0 Å². The molecule has 1 heterocycles. The van der Waals surface area contributed by atoms with Crippen molar-refractivity contribution in [2.24, 2.45) is 0 Å². The Labute approximate surface area is 216 Å². The number of carbonyl (C=O) groups excluding carboxylic acids is 1. The molecule has 0 aliphatic carbocycles. The van der Waals surface area contributed by atoms with Crippen molar-refractivity contribution >= 4 is 72.4 Å². The third-order valence-corrected chi connectivity index (χ3v) is 7.41. The number of methoxy groups -OCH3 is 1. The van der Waals surface area contributed by atoms with Gasteiger partial charge in [-0.05, 0) is 54.6 Å². The lowest BCUT2D eigenvalue weighted by atomic mass is 10.1. The number of hydrogen-bond donors (Lipinski definition) is 2. The molecule has 2 N–H and O–H groups in total. The first-order valence-electron chi connectivity index (χ1n) is 10.6. The summed E-state index contributed by atoms with van der Waals surface area (Å²) in [5, 5.41) is 5.18. The molecule has 0 atom stereocenters. The molecule has 5 rings (SSSR count). The Hall–Kier alpha value is -3.72. The molecule has 5 aromatic rings. The van der Waals surface area contributed by atoms with Gasteiger partial charge in [0.15, 0.2) is 0 Å². The lowest BCUT2D eigenvalue weighted by Crippen LogP contribution is -2.19. The van der Waals surface area contributed by atoms with Crippen LogP contribution >= 0.6 is 23.2 Å². The van der Waals surface area contributed by atoms with Crippen molar-refractivity contribution in [1.29, 1.82) is 0 Å². The van der Waals surface area contributed by atoms with Gasteiger partial charge in [0.05, 0.1) is 28.9 Å². The number of carbonyl (C=O) groups is 1. The molecule has 0 radical (unpaired) electrons. The summed E-state index contributed by atoms with van der Waals surface area (Å²) < 4.78 is 39.7. The molecule has 0 fully saturated rings. The van der Waals surface area contributed by atoms with Gasteiger partial charge < -0.3 is 14.5 Å². The minimum absolute atomic E-state index is 0.00906. The second-order valence-electron chi connectivity index (χ2n) is 7.85. The van der Waals surface area contributed by atoms with Gasteiger partial charge in [0.1, 0.15) is 16.9 Å². The van der Waals surface area contributed by atoms with Crippen LogP contribution < -0.4 is 14.8 Å². The summed E-state index contributed by atoms with van der Waals surface area (Å²) >= 11 is 12.0. The number of benzene rings is 4. The zero-order chi connectivity index (χ0) is 25.4. The zero-order valence-electron chi connectivity index (χ0n) is 18.7. The van der Waals surface area contributed by atoms with Gasteiger partial charge in [0.2, 0.25) is 0 Å². The second-order valence-corrected chi connectivity index (χ2v) is 10.4. The number of furan rings is 1. The summed E-state index contributed by atoms with van der Waals surface area (Å²) in [5.41, 5.74) is 1.68. The number of anilines is 2. The number of fused-ring (bicyclic) bond motifs is 3. The highest BCUT2D eigenvalue weighted by molar-refractivity contribution is 7.92. The fourth-order valence-electron chi connectivity index (χ4n) is 3.82. The van der Waals surface area contributed by atoms with Crippen molar-refractivity contribution < 1.29 is 22.4 Å². The molecule has 0 spiro atoms. The van der Waals surface area contributed by atoms with Crippen molar-refractivity contribution in [3.63, 3.8) is 0 Å². The number of sulfonamides is 1. The van der Waals surface area contributed by atoms with Crippen molar-refractivity contribution in [3.8, 4) is 5.75 Å². The molecule has 0 unspecified atom stereocenters. The van der Waals surface area contributed by atoms with Crippen molar-refractivity contribution in [1.82, 2.24) is 0 Å². The molecule has 1 aromatic heterocycles. The quantitative estimate of drug-likeness (QED) is 0.242. The molecule has 0 aliphatic heterocycles. The molecule has 0 aliphatic rings. The Bertz CT molecular complexity index is 1730. The first-order chi connectivity index (χ1) is 17.2. The van der Waals surface area contributed by atoms with Crippen LogP contribution in [0, 0.1) is 0 Å². The summed E-state index contributed by atoms with van der Waals surface area (Å²) in [4.78, 5) is 13.3. The van der Waals surface area contributed by atoms with E-state index in [4.69, 9.17) is 32.4 Å². The largest absolute Gasteiger partial charge is 0.495 e. The molecular weight excluding hydrogens is 523 g/mol. The maximum atomic E-state index is 13.3. The van der Waals surface area contributed by atoms with E-state index in [2.05, 4.69) is 10.0 Å². The highest BCUT2D eigenvalue weighted by Crippen LogP contribution is 2.37. The highest BCUT2D eigenvalue weighted by atomic mass is 35.5. The predicted octanol–water partition coefficient (Wildman–Crippen LogP) is 6.95. The third-order valence-electron chi connectivity index (χ3n) is 5.54. The number of amides is 1. The maximum Gasteiger partial charge on any atom is 0.261 e. The van der Waals surface area contributed by atoms with Crippen LogP contribution in [0.15, 0.2) is 88.2 Å². The molecule has 1 amide bonds. The number of para-hydroxylation sites is 1. The van der Waals surface area contributed by atoms with Crippen LogP contribution in [-0.2, 0) is 10.0 Å². The average Bonchev–Trinajstić information content (AvgIpc) is 3.22. The summed E-state index contributed by atoms with van der Waals surface area (Å²) in [6.45, 7) is 0. The van der Waals surface area contributed by atoms with Crippen LogP contribution in [-0.4, -0.2) is 21.4 Å². The number of ether oxygens (including phenoxy) is 1. The van der Waals surface area contributed by atoms with Gasteiger partial charge in [-0.3, -0.25) is 9.52 Å². The molecule has 4 aromatic carbocycles. The van der Waals surface area contributed by atoms with E-state index in [1.54, 1.807) is 12.1 Å². The molecule has 10 heteroatoms. The number of rotatable bonds is 6. The van der Waals surface area contributed by atoms with Crippen LogP contribution in [0.1, 0.15) is 10.4 Å². The lowest BCUT2D eigenvalue weighted by molar-refractivity contribution is 0.102. The van der Waals surface area contributed by atoms with Crippen molar-refractivity contribution in [2.45, 2.75) is 4.90 Å². The average molecular weight is 541 g/mol. The topological polar surface area (TPSA) is 97.6 Å². The smallest absolute Gasteiger partial charge is 0.261 e. The molecule has 7 nitrogen and oxygen atoms in total. The van der Waals surface area contributed by atoms with Gasteiger partial charge in [-0.1, -0.05) is 41.4 Å². The van der Waals surface area contributed by atoms with Crippen LogP contribution in [0.2, 0.25) is 10.0 Å². The van der Waals surface area contributed by atoms with E-state index in [0.717, 1.165) is 10.8 Å². The SMILES string of the molecule is COc1cc2c(cc1NC(=O)c1cc(Cl)ccc1NS(=O)(=O)c1ccc(Cl)cc1)oc1ccccc12. The van der Waals surface area contributed by atoms with Crippen LogP contribution in [0.25, 0.3) is 21.9 Å². The maximum absolute atomic E-state index is 13.3. The number of halogens is 2. The normalized spacial score (nSPS) is 11.5. The number of nitrogens with one attached hydrogen (secondary N) is 2. The Kier molecular flexibility index (Phi) is 6.26. The van der Waals surface area contributed by atoms with E-state index in [1.807, 2.05) is 24.3 Å². The Morgan fingerprint density at radius 3 is 2.31 bits per heavy atom. The van der Waals surface area contributed by atoms with Crippen molar-refractivity contribution in [3.05, 3.63) is 94.5 Å². The molecule has 36 heavy (non-hydrogen) atoms. The Balaban J connectivity index is 1.50. The van der Waals surface area contributed by atoms with Crippen LogP contribution in [0.5, 0.6) is 5.75 Å². The summed E-state index contributed by atoms with van der Waals surface area (Å²) in [6.07, 6.45) is 0. The standard InChI is InChI=1S/C26H18Cl2N2O5S/c1-34-25-13-19-18-4-2-3-5-23(18)35-24(19)14-22(25)29-26(31)20-12-16(28)8-11-21(20)30-36(32,33)17-9-6-15(27)7-10-17/h2-14,30H,1H3,(H,29,31). The second kappa shape index (κ2) is 9.39. The fourth-order valence-corrected chi connectivity index (χ4v) is 5.20. The van der Waals surface area contributed by atoms with E-state index in [-0.39, 0.29) is 21.2 Å². The summed E-state index contributed by atoms with van der Waals surface area (Å²) in [7, 11) is -2.51. The first-order valence-corrected chi connectivity index (χ1v) is 12.9. The van der Waals surface area contributed by atoms with E-state index in [9.17, 15) is 13.2 Å². The first kappa shape index (κ1) is 24.0. The minimum atomic E-state index is -4.00. The van der Waals surface area contributed by atoms with E-state index in [1.165, 1.54) is 49.6 Å². The fraction of sp³-hybridized carbons (Fsp3) is 0.0385. The Morgan fingerprint density at radius 1 is 0.833 bits per heavy atom. The molecule has 0 saturated carbocycles. The van der Waals surface area contributed by atoms with Gasteiger partial charge in [-0.2, -0.15) is 0 Å².